The van der Waals surface area contributed by atoms with E-state index in [-0.39, 0.29) is 11.3 Å². The molecule has 7 nitrogen and oxygen atoms in total. The maximum atomic E-state index is 11.1. The molecule has 0 bridgehead atoms. The molecular weight excluding hydrogens is 242 g/mol. The fourth-order valence-corrected chi connectivity index (χ4v) is 1.31. The Balaban J connectivity index is 2.78. The Hall–Kier alpha value is -1.99. The first-order valence-corrected chi connectivity index (χ1v) is 5.08. The predicted molar refractivity (Wildman–Crippen MR) is 58.8 cm³/mol. The third kappa shape index (κ3) is 3.51. The van der Waals surface area contributed by atoms with Crippen LogP contribution in [-0.4, -0.2) is 45.5 Å². The van der Waals surface area contributed by atoms with Gasteiger partial charge in [0, 0.05) is 6.20 Å². The molecule has 1 heterocycles. The molecule has 0 aliphatic rings. The molecule has 18 heavy (non-hydrogen) atoms. The lowest BCUT2D eigenvalue weighted by Crippen LogP contribution is -2.22. The maximum absolute atomic E-state index is 11.1. The van der Waals surface area contributed by atoms with Gasteiger partial charge < -0.3 is 20.1 Å². The normalized spacial score (nSPS) is 13.7. The smallest absolute Gasteiger partial charge is 0.339 e. The number of aromatic nitrogens is 1. The Morgan fingerprint density at radius 1 is 1.39 bits per heavy atom. The number of hydrogen-bond donors (Lipinski definition) is 3. The minimum absolute atomic E-state index is 0.0800. The van der Waals surface area contributed by atoms with Gasteiger partial charge in [-0.05, 0) is 12.1 Å². The number of carbonyl (C=O) groups excluding carboxylic acids is 1. The van der Waals surface area contributed by atoms with Gasteiger partial charge in [-0.3, -0.25) is 9.78 Å². The number of carboxylic acid groups (broad SMARTS) is 1. The lowest BCUT2D eigenvalue weighted by molar-refractivity contribution is -0.141. The van der Waals surface area contributed by atoms with E-state index in [9.17, 15) is 19.8 Å². The molecule has 0 aromatic carbocycles. The Morgan fingerprint density at radius 3 is 2.50 bits per heavy atom. The number of rotatable bonds is 5. The van der Waals surface area contributed by atoms with Crippen LogP contribution in [0.3, 0.4) is 0 Å². The van der Waals surface area contributed by atoms with Crippen molar-refractivity contribution in [2.24, 2.45) is 0 Å². The van der Waals surface area contributed by atoms with Gasteiger partial charge in [-0.2, -0.15) is 0 Å². The van der Waals surface area contributed by atoms with Crippen LogP contribution in [0, 0.1) is 0 Å². The van der Waals surface area contributed by atoms with E-state index < -0.39 is 30.6 Å². The van der Waals surface area contributed by atoms with E-state index in [1.807, 2.05) is 0 Å². The van der Waals surface area contributed by atoms with E-state index in [1.54, 1.807) is 0 Å². The quantitative estimate of drug-likeness (QED) is 0.620. The van der Waals surface area contributed by atoms with Gasteiger partial charge in [-0.25, -0.2) is 4.79 Å². The number of hydrogen-bond acceptors (Lipinski definition) is 6. The van der Waals surface area contributed by atoms with E-state index in [2.05, 4.69) is 9.72 Å². The first kappa shape index (κ1) is 14.1. The van der Waals surface area contributed by atoms with Gasteiger partial charge in [0.05, 0.1) is 30.9 Å². The zero-order chi connectivity index (χ0) is 13.7. The lowest BCUT2D eigenvalue weighted by Gasteiger charge is -2.15. The second kappa shape index (κ2) is 6.08. The number of esters is 1. The second-order valence-corrected chi connectivity index (χ2v) is 3.57. The highest BCUT2D eigenvalue weighted by Crippen LogP contribution is 2.17. The average molecular weight is 255 g/mol. The van der Waals surface area contributed by atoms with Crippen molar-refractivity contribution >= 4 is 11.9 Å². The average Bonchev–Trinajstić information content (AvgIpc) is 2.36. The molecule has 0 fully saturated rings. The monoisotopic (exact) mass is 255 g/mol. The second-order valence-electron chi connectivity index (χ2n) is 3.57. The van der Waals surface area contributed by atoms with Gasteiger partial charge in [0.1, 0.15) is 6.10 Å². The van der Waals surface area contributed by atoms with Gasteiger partial charge in [-0.15, -0.1) is 0 Å². The molecule has 0 aliphatic carbocycles. The molecule has 0 amide bonds. The van der Waals surface area contributed by atoms with Crippen molar-refractivity contribution in [3.05, 3.63) is 29.6 Å². The Bertz CT molecular complexity index is 430. The largest absolute Gasteiger partial charge is 0.481 e. The van der Waals surface area contributed by atoms with Crippen molar-refractivity contribution < 1.29 is 29.6 Å². The van der Waals surface area contributed by atoms with Crippen LogP contribution in [-0.2, 0) is 9.53 Å². The van der Waals surface area contributed by atoms with Crippen LogP contribution in [0.4, 0.5) is 0 Å². The molecule has 0 spiro atoms. The van der Waals surface area contributed by atoms with Crippen LogP contribution in [0.5, 0.6) is 0 Å². The molecule has 0 saturated carbocycles. The Morgan fingerprint density at radius 2 is 2.06 bits per heavy atom. The van der Waals surface area contributed by atoms with Crippen molar-refractivity contribution in [3.8, 4) is 0 Å². The minimum Gasteiger partial charge on any atom is -0.481 e. The highest BCUT2D eigenvalue weighted by molar-refractivity contribution is 5.88. The number of carbonyl (C=O) groups is 2. The molecule has 0 saturated heterocycles. The number of nitrogens with zero attached hydrogens (tertiary/aromatic N) is 1. The fourth-order valence-electron chi connectivity index (χ4n) is 1.31. The molecule has 1 aromatic heterocycles. The van der Waals surface area contributed by atoms with Crippen LogP contribution < -0.4 is 0 Å². The first-order valence-electron chi connectivity index (χ1n) is 5.08. The van der Waals surface area contributed by atoms with Crippen LogP contribution in [0.2, 0.25) is 0 Å². The van der Waals surface area contributed by atoms with E-state index in [0.717, 1.165) is 0 Å². The summed E-state index contributed by atoms with van der Waals surface area (Å²) >= 11 is 0. The highest BCUT2D eigenvalue weighted by atomic mass is 16.5. The number of methoxy groups -OCH3 is 1. The van der Waals surface area contributed by atoms with Crippen LogP contribution in [0.15, 0.2) is 18.3 Å². The topological polar surface area (TPSA) is 117 Å². The first-order chi connectivity index (χ1) is 8.45. The Labute approximate surface area is 103 Å². The predicted octanol–water partition coefficient (Wildman–Crippen LogP) is -0.263. The third-order valence-corrected chi connectivity index (χ3v) is 2.26. The van der Waals surface area contributed by atoms with E-state index >= 15 is 0 Å². The summed E-state index contributed by atoms with van der Waals surface area (Å²) in [6.45, 7) is 0. The standard InChI is InChI=1S/C11H13NO6/c1-18-11(17)6-2-3-7(12-5-6)10(16)8(13)4-9(14)15/h2-3,5,8,10,13,16H,4H2,1H3,(H,14,15). The van der Waals surface area contributed by atoms with Crippen LogP contribution >= 0.6 is 0 Å². The summed E-state index contributed by atoms with van der Waals surface area (Å²) in [6, 6.07) is 2.69. The maximum Gasteiger partial charge on any atom is 0.339 e. The molecular formula is C11H13NO6. The summed E-state index contributed by atoms with van der Waals surface area (Å²) in [7, 11) is 1.22. The lowest BCUT2D eigenvalue weighted by atomic mass is 10.1. The molecule has 7 heteroatoms. The SMILES string of the molecule is COC(=O)c1ccc(C(O)C(O)CC(=O)O)nc1. The summed E-state index contributed by atoms with van der Waals surface area (Å²) in [5.41, 5.74) is 0.276. The fraction of sp³-hybridized carbons (Fsp3) is 0.364. The zero-order valence-corrected chi connectivity index (χ0v) is 9.61. The number of aliphatic carboxylic acids is 1. The van der Waals surface area contributed by atoms with Crippen molar-refractivity contribution in [2.45, 2.75) is 18.6 Å². The molecule has 98 valence electrons. The molecule has 2 atom stereocenters. The van der Waals surface area contributed by atoms with Gasteiger partial charge >= 0.3 is 11.9 Å². The van der Waals surface area contributed by atoms with E-state index in [4.69, 9.17) is 5.11 Å². The summed E-state index contributed by atoms with van der Waals surface area (Å²) in [5, 5.41) is 27.5. The van der Waals surface area contributed by atoms with Crippen LogP contribution in [0.25, 0.3) is 0 Å². The van der Waals surface area contributed by atoms with Crippen molar-refractivity contribution in [3.63, 3.8) is 0 Å². The molecule has 0 radical (unpaired) electrons. The Kier molecular flexibility index (Phi) is 4.75. The molecule has 1 rings (SSSR count). The summed E-state index contributed by atoms with van der Waals surface area (Å²) < 4.78 is 4.47. The summed E-state index contributed by atoms with van der Waals surface area (Å²) in [4.78, 5) is 25.3. The number of aliphatic hydroxyl groups excluding tert-OH is 2. The van der Waals surface area contributed by atoms with E-state index in [1.165, 1.54) is 25.4 Å². The van der Waals surface area contributed by atoms with Gasteiger partial charge in [0.25, 0.3) is 0 Å². The molecule has 3 N–H and O–H groups in total. The van der Waals surface area contributed by atoms with Gasteiger partial charge in [0.2, 0.25) is 0 Å². The molecule has 1 aromatic rings. The van der Waals surface area contributed by atoms with Crippen molar-refractivity contribution in [2.75, 3.05) is 7.11 Å². The summed E-state index contributed by atoms with van der Waals surface area (Å²) in [6.07, 6.45) is -2.30. The van der Waals surface area contributed by atoms with Crippen molar-refractivity contribution in [1.29, 1.82) is 0 Å². The van der Waals surface area contributed by atoms with Gasteiger partial charge in [-0.1, -0.05) is 0 Å². The third-order valence-electron chi connectivity index (χ3n) is 2.26. The summed E-state index contributed by atoms with van der Waals surface area (Å²) in [5.74, 6) is -1.80. The van der Waals surface area contributed by atoms with Gasteiger partial charge in [0.15, 0.2) is 0 Å². The number of ether oxygens (including phenoxy) is 1. The van der Waals surface area contributed by atoms with E-state index in [0.29, 0.717) is 0 Å². The number of aliphatic hydroxyl groups is 2. The zero-order valence-electron chi connectivity index (χ0n) is 9.61. The molecule has 2 unspecified atom stereocenters. The highest BCUT2D eigenvalue weighted by Gasteiger charge is 2.22. The minimum atomic E-state index is -1.46. The van der Waals surface area contributed by atoms with Crippen LogP contribution in [0.1, 0.15) is 28.6 Å². The van der Waals surface area contributed by atoms with Crippen molar-refractivity contribution in [1.82, 2.24) is 4.98 Å². The number of carboxylic acids is 1. The number of pyridine rings is 1. The molecule has 0 aliphatic heterocycles.